The molecule has 8 heteroatoms. The van der Waals surface area contributed by atoms with Crippen LogP contribution in [0.15, 0.2) is 23.4 Å². The van der Waals surface area contributed by atoms with Crippen molar-refractivity contribution in [1.29, 1.82) is 0 Å². The first-order valence-corrected chi connectivity index (χ1v) is 6.72. The van der Waals surface area contributed by atoms with Crippen molar-refractivity contribution in [2.75, 3.05) is 7.11 Å². The molecule has 0 fully saturated rings. The number of ether oxygens (including phenoxy) is 1. The third kappa shape index (κ3) is 2.96. The summed E-state index contributed by atoms with van der Waals surface area (Å²) in [6.07, 6.45) is -0.0390. The minimum atomic E-state index is -1.70. The molecule has 1 aliphatic heterocycles. The summed E-state index contributed by atoms with van der Waals surface area (Å²) in [5.41, 5.74) is -0.889. The number of halogens is 2. The molecule has 6 nitrogen and oxygen atoms in total. The molecule has 1 aromatic rings. The average Bonchev–Trinajstić information content (AvgIpc) is 2.82. The van der Waals surface area contributed by atoms with Crippen LogP contribution in [0, 0.1) is 0 Å². The van der Waals surface area contributed by atoms with Crippen LogP contribution in [0.1, 0.15) is 18.9 Å². The van der Waals surface area contributed by atoms with Gasteiger partial charge in [0.1, 0.15) is 0 Å². The highest BCUT2D eigenvalue weighted by atomic mass is 35.5. The maximum Gasteiger partial charge on any atom is 0.375 e. The minimum Gasteiger partial charge on any atom is -0.465 e. The Labute approximate surface area is 131 Å². The SMILES string of the molecule is COC(=O)[C@]1(NC(C)=O)CC(c2c(Cl)cccc2Cl)=NO1. The average molecular weight is 331 g/mol. The van der Waals surface area contributed by atoms with E-state index in [9.17, 15) is 9.59 Å². The van der Waals surface area contributed by atoms with Crippen LogP contribution in [0.2, 0.25) is 10.0 Å². The van der Waals surface area contributed by atoms with Crippen LogP contribution in [0.3, 0.4) is 0 Å². The molecule has 0 saturated carbocycles. The lowest BCUT2D eigenvalue weighted by atomic mass is 10.0. The summed E-state index contributed by atoms with van der Waals surface area (Å²) in [5, 5.41) is 6.98. The van der Waals surface area contributed by atoms with E-state index < -0.39 is 17.6 Å². The number of carbonyl (C=O) groups is 2. The molecule has 1 amide bonds. The van der Waals surface area contributed by atoms with E-state index >= 15 is 0 Å². The second kappa shape index (κ2) is 5.91. The smallest absolute Gasteiger partial charge is 0.375 e. The van der Waals surface area contributed by atoms with Crippen molar-refractivity contribution in [2.45, 2.75) is 19.1 Å². The van der Waals surface area contributed by atoms with Crippen molar-refractivity contribution in [1.82, 2.24) is 5.32 Å². The van der Waals surface area contributed by atoms with E-state index in [-0.39, 0.29) is 6.42 Å². The summed E-state index contributed by atoms with van der Waals surface area (Å²) >= 11 is 12.2. The van der Waals surface area contributed by atoms with Gasteiger partial charge in [-0.2, -0.15) is 0 Å². The van der Waals surface area contributed by atoms with Crippen LogP contribution >= 0.6 is 23.2 Å². The third-order valence-corrected chi connectivity index (χ3v) is 3.50. The van der Waals surface area contributed by atoms with Crippen LogP contribution in [-0.4, -0.2) is 30.4 Å². The zero-order chi connectivity index (χ0) is 15.6. The van der Waals surface area contributed by atoms with Gasteiger partial charge in [-0.15, -0.1) is 0 Å². The first-order chi connectivity index (χ1) is 9.89. The number of hydrogen-bond donors (Lipinski definition) is 1. The summed E-state index contributed by atoms with van der Waals surface area (Å²) in [5.74, 6) is -1.22. The summed E-state index contributed by atoms with van der Waals surface area (Å²) in [7, 11) is 1.19. The Bertz CT molecular complexity index is 612. The fourth-order valence-corrected chi connectivity index (χ4v) is 2.63. The first kappa shape index (κ1) is 15.6. The predicted molar refractivity (Wildman–Crippen MR) is 77.3 cm³/mol. The van der Waals surface area contributed by atoms with E-state index in [2.05, 4.69) is 15.2 Å². The Kier molecular flexibility index (Phi) is 4.39. The predicted octanol–water partition coefficient (Wildman–Crippen LogP) is 2.12. The lowest BCUT2D eigenvalue weighted by molar-refractivity contribution is -0.173. The Hall–Kier alpha value is -1.79. The Morgan fingerprint density at radius 3 is 2.52 bits per heavy atom. The van der Waals surface area contributed by atoms with E-state index in [1.807, 2.05) is 0 Å². The zero-order valence-corrected chi connectivity index (χ0v) is 12.8. The van der Waals surface area contributed by atoms with E-state index in [0.29, 0.717) is 21.3 Å². The van der Waals surface area contributed by atoms with Crippen LogP contribution < -0.4 is 5.32 Å². The fourth-order valence-electron chi connectivity index (χ4n) is 2.02. The van der Waals surface area contributed by atoms with Crippen molar-refractivity contribution in [3.8, 4) is 0 Å². The number of nitrogens with zero attached hydrogens (tertiary/aromatic N) is 1. The molecule has 1 heterocycles. The summed E-state index contributed by atoms with van der Waals surface area (Å²) in [6, 6.07) is 4.97. The molecule has 112 valence electrons. The van der Waals surface area contributed by atoms with Crippen molar-refractivity contribution >= 4 is 40.8 Å². The number of carbonyl (C=O) groups excluding carboxylic acids is 2. The van der Waals surface area contributed by atoms with Gasteiger partial charge in [0.2, 0.25) is 5.91 Å². The van der Waals surface area contributed by atoms with Crippen LogP contribution in [0.4, 0.5) is 0 Å². The number of hydrogen-bond acceptors (Lipinski definition) is 5. The Morgan fingerprint density at radius 2 is 2.00 bits per heavy atom. The maximum atomic E-state index is 11.9. The van der Waals surface area contributed by atoms with Crippen LogP contribution in [-0.2, 0) is 19.2 Å². The lowest BCUT2D eigenvalue weighted by Gasteiger charge is -2.23. The molecule has 0 unspecified atom stereocenters. The summed E-state index contributed by atoms with van der Waals surface area (Å²) in [4.78, 5) is 28.4. The molecule has 0 spiro atoms. The van der Waals surface area contributed by atoms with Crippen molar-refractivity contribution in [2.24, 2.45) is 5.16 Å². The second-order valence-corrected chi connectivity index (χ2v) is 5.22. The van der Waals surface area contributed by atoms with Crippen molar-refractivity contribution in [3.05, 3.63) is 33.8 Å². The van der Waals surface area contributed by atoms with Gasteiger partial charge in [0.05, 0.1) is 29.3 Å². The summed E-state index contributed by atoms with van der Waals surface area (Å²) < 4.78 is 4.67. The number of nitrogens with one attached hydrogen (secondary N) is 1. The standard InChI is InChI=1S/C13H12Cl2N2O4/c1-7(18)16-13(12(19)20-2)6-10(17-21-13)11-8(14)4-3-5-9(11)15/h3-5H,6H2,1-2H3,(H,16,18)/t13-/m0/s1. The van der Waals surface area contributed by atoms with Gasteiger partial charge in [0.15, 0.2) is 0 Å². The number of oxime groups is 1. The van der Waals surface area contributed by atoms with Gasteiger partial charge in [-0.05, 0) is 12.1 Å². The van der Waals surface area contributed by atoms with Gasteiger partial charge in [-0.3, -0.25) is 4.79 Å². The molecule has 0 bridgehead atoms. The molecule has 1 aliphatic rings. The van der Waals surface area contributed by atoms with Gasteiger partial charge in [0.25, 0.3) is 0 Å². The molecule has 21 heavy (non-hydrogen) atoms. The number of amides is 1. The molecule has 1 N–H and O–H groups in total. The number of methoxy groups -OCH3 is 1. The molecule has 0 radical (unpaired) electrons. The van der Waals surface area contributed by atoms with E-state index in [0.717, 1.165) is 0 Å². The topological polar surface area (TPSA) is 77.0 Å². The molecule has 0 aliphatic carbocycles. The van der Waals surface area contributed by atoms with Gasteiger partial charge < -0.3 is 14.9 Å². The number of rotatable bonds is 3. The number of benzene rings is 1. The van der Waals surface area contributed by atoms with Crippen LogP contribution in [0.5, 0.6) is 0 Å². The Balaban J connectivity index is 2.35. The van der Waals surface area contributed by atoms with E-state index in [1.54, 1.807) is 18.2 Å². The first-order valence-electron chi connectivity index (χ1n) is 5.96. The normalized spacial score (nSPS) is 20.5. The van der Waals surface area contributed by atoms with Gasteiger partial charge >= 0.3 is 11.7 Å². The highest BCUT2D eigenvalue weighted by molar-refractivity contribution is 6.40. The van der Waals surface area contributed by atoms with Gasteiger partial charge in [-0.25, -0.2) is 4.79 Å². The van der Waals surface area contributed by atoms with Gasteiger partial charge in [0, 0.05) is 12.5 Å². The second-order valence-electron chi connectivity index (χ2n) is 4.40. The number of esters is 1. The minimum absolute atomic E-state index is 0.0390. The van der Waals surface area contributed by atoms with E-state index in [4.69, 9.17) is 28.0 Å². The highest BCUT2D eigenvalue weighted by Crippen LogP contribution is 2.32. The lowest BCUT2D eigenvalue weighted by Crippen LogP contribution is -2.54. The molecule has 1 aromatic carbocycles. The van der Waals surface area contributed by atoms with E-state index in [1.165, 1.54) is 14.0 Å². The molecule has 0 aromatic heterocycles. The van der Waals surface area contributed by atoms with Gasteiger partial charge in [-0.1, -0.05) is 34.4 Å². The molecule has 0 saturated heterocycles. The largest absolute Gasteiger partial charge is 0.465 e. The zero-order valence-electron chi connectivity index (χ0n) is 11.3. The molecular formula is C13H12Cl2N2O4. The van der Waals surface area contributed by atoms with Crippen LogP contribution in [0.25, 0.3) is 0 Å². The molecule has 1 atom stereocenters. The summed E-state index contributed by atoms with van der Waals surface area (Å²) in [6.45, 7) is 1.26. The van der Waals surface area contributed by atoms with Crippen molar-refractivity contribution < 1.29 is 19.2 Å². The molecular weight excluding hydrogens is 319 g/mol. The quantitative estimate of drug-likeness (QED) is 0.861. The molecule has 2 rings (SSSR count). The monoisotopic (exact) mass is 330 g/mol. The highest BCUT2D eigenvalue weighted by Gasteiger charge is 2.49. The fraction of sp³-hybridized carbons (Fsp3) is 0.308. The maximum absolute atomic E-state index is 11.9. The van der Waals surface area contributed by atoms with Crippen molar-refractivity contribution in [3.63, 3.8) is 0 Å². The third-order valence-electron chi connectivity index (χ3n) is 2.87. The Morgan fingerprint density at radius 1 is 1.38 bits per heavy atom.